The molecule has 0 aromatic rings. The van der Waals surface area contributed by atoms with Crippen molar-refractivity contribution in [2.24, 2.45) is 5.73 Å². The molecule has 0 radical (unpaired) electrons. The van der Waals surface area contributed by atoms with E-state index in [9.17, 15) is 9.59 Å². The van der Waals surface area contributed by atoms with Crippen LogP contribution in [0.15, 0.2) is 0 Å². The van der Waals surface area contributed by atoms with Crippen LogP contribution in [0.5, 0.6) is 0 Å². The summed E-state index contributed by atoms with van der Waals surface area (Å²) >= 11 is 0. The highest BCUT2D eigenvalue weighted by atomic mass is 16.5. The van der Waals surface area contributed by atoms with Gasteiger partial charge in [-0.2, -0.15) is 0 Å². The molecule has 0 aromatic carbocycles. The standard InChI is InChI=1S/C13H23N3O3/c1-2-19-13(18)11(14)12(17)15-9-6-8-16-7-4-3-5-10(9)16/h9-11H,2-8,14H2,1H3,(H,15,17). The molecule has 0 aliphatic carbocycles. The Labute approximate surface area is 113 Å². The summed E-state index contributed by atoms with van der Waals surface area (Å²) in [5.41, 5.74) is 5.59. The van der Waals surface area contributed by atoms with Crippen molar-refractivity contribution in [2.45, 2.75) is 50.7 Å². The molecule has 2 aliphatic heterocycles. The molecule has 1 amide bonds. The fourth-order valence-electron chi connectivity index (χ4n) is 3.03. The van der Waals surface area contributed by atoms with Crippen molar-refractivity contribution < 1.29 is 14.3 Å². The van der Waals surface area contributed by atoms with Crippen LogP contribution in [0.2, 0.25) is 0 Å². The van der Waals surface area contributed by atoms with Crippen molar-refractivity contribution >= 4 is 11.9 Å². The molecule has 2 aliphatic rings. The molecule has 3 unspecified atom stereocenters. The van der Waals surface area contributed by atoms with E-state index in [1.165, 1.54) is 12.8 Å². The molecule has 0 aromatic heterocycles. The summed E-state index contributed by atoms with van der Waals surface area (Å²) in [4.78, 5) is 25.8. The second kappa shape index (κ2) is 6.34. The highest BCUT2D eigenvalue weighted by Crippen LogP contribution is 2.27. The number of piperidine rings is 1. The maximum absolute atomic E-state index is 11.9. The Balaban J connectivity index is 1.86. The second-order valence-corrected chi connectivity index (χ2v) is 5.23. The first-order valence-electron chi connectivity index (χ1n) is 7.10. The van der Waals surface area contributed by atoms with Gasteiger partial charge in [0.1, 0.15) is 0 Å². The number of hydrogen-bond acceptors (Lipinski definition) is 5. The molecular formula is C13H23N3O3. The average Bonchev–Trinajstić information content (AvgIpc) is 2.81. The van der Waals surface area contributed by atoms with E-state index in [1.54, 1.807) is 6.92 Å². The van der Waals surface area contributed by atoms with E-state index in [2.05, 4.69) is 10.2 Å². The van der Waals surface area contributed by atoms with Crippen LogP contribution in [-0.2, 0) is 14.3 Å². The summed E-state index contributed by atoms with van der Waals surface area (Å²) in [5.74, 6) is -1.07. The van der Waals surface area contributed by atoms with E-state index in [-0.39, 0.29) is 12.6 Å². The molecule has 3 N–H and O–H groups in total. The van der Waals surface area contributed by atoms with Crippen molar-refractivity contribution in [3.8, 4) is 0 Å². The van der Waals surface area contributed by atoms with Gasteiger partial charge in [-0.15, -0.1) is 0 Å². The van der Waals surface area contributed by atoms with Crippen LogP contribution >= 0.6 is 0 Å². The zero-order valence-electron chi connectivity index (χ0n) is 11.4. The molecule has 2 saturated heterocycles. The number of nitrogens with one attached hydrogen (secondary N) is 1. The van der Waals surface area contributed by atoms with E-state index >= 15 is 0 Å². The van der Waals surface area contributed by atoms with Crippen molar-refractivity contribution in [3.05, 3.63) is 0 Å². The van der Waals surface area contributed by atoms with E-state index in [4.69, 9.17) is 10.5 Å². The first-order valence-corrected chi connectivity index (χ1v) is 7.10. The van der Waals surface area contributed by atoms with Crippen LogP contribution in [-0.4, -0.2) is 54.6 Å². The number of nitrogens with two attached hydrogens (primary N) is 1. The predicted octanol–water partition coefficient (Wildman–Crippen LogP) is -0.380. The van der Waals surface area contributed by atoms with E-state index in [0.717, 1.165) is 25.9 Å². The lowest BCUT2D eigenvalue weighted by atomic mass is 9.99. The topological polar surface area (TPSA) is 84.7 Å². The lowest BCUT2D eigenvalue weighted by Gasteiger charge is -2.32. The highest BCUT2D eigenvalue weighted by molar-refractivity contribution is 6.01. The monoisotopic (exact) mass is 269 g/mol. The van der Waals surface area contributed by atoms with Gasteiger partial charge in [0.2, 0.25) is 5.91 Å². The van der Waals surface area contributed by atoms with Gasteiger partial charge < -0.3 is 15.8 Å². The van der Waals surface area contributed by atoms with Gasteiger partial charge in [0.25, 0.3) is 0 Å². The van der Waals surface area contributed by atoms with Gasteiger partial charge in [0.15, 0.2) is 6.04 Å². The van der Waals surface area contributed by atoms with Crippen LogP contribution in [0.4, 0.5) is 0 Å². The molecular weight excluding hydrogens is 246 g/mol. The zero-order valence-corrected chi connectivity index (χ0v) is 11.4. The third-order valence-electron chi connectivity index (χ3n) is 4.01. The van der Waals surface area contributed by atoms with Gasteiger partial charge in [-0.3, -0.25) is 9.69 Å². The number of esters is 1. The van der Waals surface area contributed by atoms with Gasteiger partial charge in [0, 0.05) is 18.6 Å². The average molecular weight is 269 g/mol. The Kier molecular flexibility index (Phi) is 4.76. The third-order valence-corrected chi connectivity index (χ3v) is 4.01. The van der Waals surface area contributed by atoms with Crippen LogP contribution in [0.1, 0.15) is 32.6 Å². The molecule has 0 spiro atoms. The van der Waals surface area contributed by atoms with Gasteiger partial charge in [-0.25, -0.2) is 4.79 Å². The number of carbonyl (C=O) groups excluding carboxylic acids is 2. The highest BCUT2D eigenvalue weighted by Gasteiger charge is 2.37. The summed E-state index contributed by atoms with van der Waals surface area (Å²) in [5, 5.41) is 2.91. The smallest absolute Gasteiger partial charge is 0.332 e. The minimum Gasteiger partial charge on any atom is -0.464 e. The second-order valence-electron chi connectivity index (χ2n) is 5.23. The van der Waals surface area contributed by atoms with Gasteiger partial charge >= 0.3 is 5.97 Å². The fourth-order valence-corrected chi connectivity index (χ4v) is 3.03. The number of carbonyl (C=O) groups is 2. The molecule has 6 nitrogen and oxygen atoms in total. The number of amides is 1. The van der Waals surface area contributed by atoms with Crippen molar-refractivity contribution in [3.63, 3.8) is 0 Å². The van der Waals surface area contributed by atoms with Gasteiger partial charge in [0.05, 0.1) is 6.61 Å². The summed E-state index contributed by atoms with van der Waals surface area (Å²) in [6, 6.07) is -0.682. The molecule has 19 heavy (non-hydrogen) atoms. The van der Waals surface area contributed by atoms with Crippen LogP contribution in [0.25, 0.3) is 0 Å². The molecule has 2 fully saturated rings. The minimum absolute atomic E-state index is 0.119. The molecule has 2 rings (SSSR count). The molecule has 2 heterocycles. The predicted molar refractivity (Wildman–Crippen MR) is 70.4 cm³/mol. The van der Waals surface area contributed by atoms with Gasteiger partial charge in [-0.1, -0.05) is 6.42 Å². The van der Waals surface area contributed by atoms with Crippen molar-refractivity contribution in [2.75, 3.05) is 19.7 Å². The number of ether oxygens (including phenoxy) is 1. The Morgan fingerprint density at radius 3 is 2.89 bits per heavy atom. The molecule has 3 atom stereocenters. The minimum atomic E-state index is -1.21. The molecule has 0 saturated carbocycles. The number of fused-ring (bicyclic) bond motifs is 1. The number of hydrogen-bond donors (Lipinski definition) is 2. The Morgan fingerprint density at radius 2 is 2.16 bits per heavy atom. The lowest BCUT2D eigenvalue weighted by molar-refractivity contribution is -0.148. The molecule has 108 valence electrons. The van der Waals surface area contributed by atoms with Crippen molar-refractivity contribution in [1.82, 2.24) is 10.2 Å². The van der Waals surface area contributed by atoms with E-state index in [0.29, 0.717) is 6.04 Å². The normalized spacial score (nSPS) is 28.5. The first-order chi connectivity index (χ1) is 9.13. The largest absolute Gasteiger partial charge is 0.464 e. The summed E-state index contributed by atoms with van der Waals surface area (Å²) in [7, 11) is 0. The third kappa shape index (κ3) is 3.25. The molecule has 6 heteroatoms. The fraction of sp³-hybridized carbons (Fsp3) is 0.846. The Bertz CT molecular complexity index is 348. The number of nitrogens with zero attached hydrogens (tertiary/aromatic N) is 1. The Morgan fingerprint density at radius 1 is 1.37 bits per heavy atom. The van der Waals surface area contributed by atoms with E-state index < -0.39 is 17.9 Å². The van der Waals surface area contributed by atoms with Crippen LogP contribution in [0, 0.1) is 0 Å². The maximum atomic E-state index is 11.9. The summed E-state index contributed by atoms with van der Waals surface area (Å²) < 4.78 is 4.76. The van der Waals surface area contributed by atoms with Crippen LogP contribution in [0.3, 0.4) is 0 Å². The lowest BCUT2D eigenvalue weighted by Crippen LogP contribution is -2.53. The zero-order chi connectivity index (χ0) is 13.8. The van der Waals surface area contributed by atoms with E-state index in [1.807, 2.05) is 0 Å². The summed E-state index contributed by atoms with van der Waals surface area (Å²) in [6.45, 7) is 4.06. The van der Waals surface area contributed by atoms with Crippen molar-refractivity contribution in [1.29, 1.82) is 0 Å². The van der Waals surface area contributed by atoms with Crippen LogP contribution < -0.4 is 11.1 Å². The quantitative estimate of drug-likeness (QED) is 0.537. The SMILES string of the molecule is CCOC(=O)C(N)C(=O)NC1CCN2CCCCC12. The maximum Gasteiger partial charge on any atom is 0.332 e. The van der Waals surface area contributed by atoms with Gasteiger partial charge in [-0.05, 0) is 32.7 Å². The first kappa shape index (κ1) is 14.3. The molecule has 0 bridgehead atoms. The Hall–Kier alpha value is -1.14. The summed E-state index contributed by atoms with van der Waals surface area (Å²) in [6.07, 6.45) is 4.49. The number of rotatable bonds is 4.